The second kappa shape index (κ2) is 12.4. The lowest BCUT2D eigenvalue weighted by Gasteiger charge is -2.02. The SMILES string of the molecule is CCCCCCCCCCCCC(O)=CO. The van der Waals surface area contributed by atoms with Crippen molar-refractivity contribution in [2.24, 2.45) is 0 Å². The maximum Gasteiger partial charge on any atom is 0.126 e. The van der Waals surface area contributed by atoms with Crippen LogP contribution in [0.25, 0.3) is 0 Å². The van der Waals surface area contributed by atoms with E-state index < -0.39 is 0 Å². The number of rotatable bonds is 11. The van der Waals surface area contributed by atoms with Crippen LogP contribution in [0.4, 0.5) is 0 Å². The number of unbranched alkanes of at least 4 members (excludes halogenated alkanes) is 9. The minimum Gasteiger partial charge on any atom is -0.512 e. The third-order valence-electron chi connectivity index (χ3n) is 2.94. The highest BCUT2D eigenvalue weighted by Gasteiger charge is 1.95. The Morgan fingerprint density at radius 2 is 1.25 bits per heavy atom. The Morgan fingerprint density at radius 3 is 1.69 bits per heavy atom. The molecule has 0 radical (unpaired) electrons. The number of hydrogen-bond donors (Lipinski definition) is 2. The van der Waals surface area contributed by atoms with Gasteiger partial charge in [0.25, 0.3) is 0 Å². The van der Waals surface area contributed by atoms with Gasteiger partial charge >= 0.3 is 0 Å². The summed E-state index contributed by atoms with van der Waals surface area (Å²) in [4.78, 5) is 0. The molecule has 2 nitrogen and oxygen atoms in total. The molecule has 0 atom stereocenters. The molecule has 0 heterocycles. The molecule has 0 saturated heterocycles. The smallest absolute Gasteiger partial charge is 0.126 e. The van der Waals surface area contributed by atoms with E-state index in [9.17, 15) is 0 Å². The lowest BCUT2D eigenvalue weighted by atomic mass is 10.1. The first kappa shape index (κ1) is 15.3. The molecular weight excluding hydrogens is 200 g/mol. The quantitative estimate of drug-likeness (QED) is 0.374. The van der Waals surface area contributed by atoms with E-state index in [0.29, 0.717) is 6.42 Å². The second-order valence-corrected chi connectivity index (χ2v) is 4.55. The molecule has 0 aliphatic heterocycles. The Balaban J connectivity index is 2.99. The molecular formula is C14H28O2. The van der Waals surface area contributed by atoms with Crippen LogP contribution in [0.1, 0.15) is 77.6 Å². The summed E-state index contributed by atoms with van der Waals surface area (Å²) in [7, 11) is 0. The summed E-state index contributed by atoms with van der Waals surface area (Å²) in [5.74, 6) is 0.111. The summed E-state index contributed by atoms with van der Waals surface area (Å²) >= 11 is 0. The van der Waals surface area contributed by atoms with Crippen molar-refractivity contribution in [1.82, 2.24) is 0 Å². The van der Waals surface area contributed by atoms with E-state index in [-0.39, 0.29) is 5.76 Å². The maximum atomic E-state index is 8.99. The van der Waals surface area contributed by atoms with Crippen molar-refractivity contribution < 1.29 is 10.2 Å². The van der Waals surface area contributed by atoms with Gasteiger partial charge < -0.3 is 10.2 Å². The Kier molecular flexibility index (Phi) is 11.9. The molecule has 0 fully saturated rings. The van der Waals surface area contributed by atoms with Crippen molar-refractivity contribution in [2.75, 3.05) is 0 Å². The topological polar surface area (TPSA) is 40.5 Å². The van der Waals surface area contributed by atoms with Gasteiger partial charge in [0.05, 0.1) is 0 Å². The van der Waals surface area contributed by atoms with Gasteiger partial charge in [-0.2, -0.15) is 0 Å². The van der Waals surface area contributed by atoms with E-state index in [1.54, 1.807) is 0 Å². The average molecular weight is 228 g/mol. The molecule has 0 saturated carbocycles. The van der Waals surface area contributed by atoms with E-state index in [1.165, 1.54) is 51.4 Å². The summed E-state index contributed by atoms with van der Waals surface area (Å²) < 4.78 is 0. The molecule has 0 aromatic heterocycles. The fraction of sp³-hybridized carbons (Fsp3) is 0.857. The van der Waals surface area contributed by atoms with Gasteiger partial charge in [-0.15, -0.1) is 0 Å². The van der Waals surface area contributed by atoms with Crippen LogP contribution < -0.4 is 0 Å². The number of aliphatic hydroxyl groups is 2. The zero-order chi connectivity index (χ0) is 12.1. The van der Waals surface area contributed by atoms with Gasteiger partial charge in [-0.3, -0.25) is 0 Å². The van der Waals surface area contributed by atoms with Crippen LogP contribution >= 0.6 is 0 Å². The van der Waals surface area contributed by atoms with Crippen molar-refractivity contribution in [2.45, 2.75) is 77.6 Å². The fourth-order valence-electron chi connectivity index (χ4n) is 1.86. The van der Waals surface area contributed by atoms with Gasteiger partial charge in [-0.05, 0) is 6.42 Å². The molecule has 0 aromatic rings. The lowest BCUT2D eigenvalue weighted by molar-refractivity contribution is 0.338. The van der Waals surface area contributed by atoms with E-state index in [1.807, 2.05) is 0 Å². The van der Waals surface area contributed by atoms with Gasteiger partial charge in [0.2, 0.25) is 0 Å². The third-order valence-corrected chi connectivity index (χ3v) is 2.94. The van der Waals surface area contributed by atoms with Crippen molar-refractivity contribution in [1.29, 1.82) is 0 Å². The lowest BCUT2D eigenvalue weighted by Crippen LogP contribution is -1.84. The molecule has 2 N–H and O–H groups in total. The van der Waals surface area contributed by atoms with Crippen molar-refractivity contribution >= 4 is 0 Å². The van der Waals surface area contributed by atoms with Crippen LogP contribution in [0.5, 0.6) is 0 Å². The first-order valence-corrected chi connectivity index (χ1v) is 6.83. The van der Waals surface area contributed by atoms with Crippen LogP contribution in [0.15, 0.2) is 12.0 Å². The monoisotopic (exact) mass is 228 g/mol. The van der Waals surface area contributed by atoms with Gasteiger partial charge in [-0.1, -0.05) is 64.7 Å². The summed E-state index contributed by atoms with van der Waals surface area (Å²) in [6, 6.07) is 0. The van der Waals surface area contributed by atoms with Crippen LogP contribution in [0.3, 0.4) is 0 Å². The highest BCUT2D eigenvalue weighted by atomic mass is 16.3. The van der Waals surface area contributed by atoms with Crippen LogP contribution in [0, 0.1) is 0 Å². The number of allylic oxidation sites excluding steroid dienone is 1. The molecule has 0 amide bonds. The van der Waals surface area contributed by atoms with E-state index in [0.717, 1.165) is 19.1 Å². The third kappa shape index (κ3) is 11.4. The highest BCUT2D eigenvalue weighted by Crippen LogP contribution is 2.12. The van der Waals surface area contributed by atoms with E-state index in [2.05, 4.69) is 6.92 Å². The minimum atomic E-state index is 0.111. The highest BCUT2D eigenvalue weighted by molar-refractivity contribution is 4.82. The molecule has 16 heavy (non-hydrogen) atoms. The molecule has 96 valence electrons. The predicted octanol–water partition coefficient (Wildman–Crippen LogP) is 5.25. The largest absolute Gasteiger partial charge is 0.512 e. The normalized spacial score (nSPS) is 11.9. The van der Waals surface area contributed by atoms with Gasteiger partial charge in [0.1, 0.15) is 12.0 Å². The summed E-state index contributed by atoms with van der Waals surface area (Å²) in [6.07, 6.45) is 14.4. The summed E-state index contributed by atoms with van der Waals surface area (Å²) in [5.41, 5.74) is 0. The van der Waals surface area contributed by atoms with E-state index >= 15 is 0 Å². The fourth-order valence-corrected chi connectivity index (χ4v) is 1.86. The minimum absolute atomic E-state index is 0.111. The Labute approximate surface area is 100 Å². The first-order chi connectivity index (χ1) is 7.81. The molecule has 0 spiro atoms. The molecule has 2 heteroatoms. The van der Waals surface area contributed by atoms with Crippen molar-refractivity contribution in [3.8, 4) is 0 Å². The molecule has 0 aliphatic rings. The Hall–Kier alpha value is -0.660. The number of aliphatic hydroxyl groups excluding tert-OH is 2. The van der Waals surface area contributed by atoms with Gasteiger partial charge in [0, 0.05) is 6.42 Å². The average Bonchev–Trinajstić information content (AvgIpc) is 2.31. The standard InChI is InChI=1S/C14H28O2/c1-2-3-4-5-6-7-8-9-10-11-12-14(16)13-15/h13,15-16H,2-12H2,1H3. The van der Waals surface area contributed by atoms with Crippen molar-refractivity contribution in [3.63, 3.8) is 0 Å². The summed E-state index contributed by atoms with van der Waals surface area (Å²) in [6.45, 7) is 2.25. The van der Waals surface area contributed by atoms with E-state index in [4.69, 9.17) is 10.2 Å². The molecule has 0 bridgehead atoms. The zero-order valence-corrected chi connectivity index (χ0v) is 10.7. The predicted molar refractivity (Wildman–Crippen MR) is 69.8 cm³/mol. The Bertz CT molecular complexity index is 164. The van der Waals surface area contributed by atoms with Gasteiger partial charge in [-0.25, -0.2) is 0 Å². The van der Waals surface area contributed by atoms with Crippen molar-refractivity contribution in [3.05, 3.63) is 12.0 Å². The zero-order valence-electron chi connectivity index (χ0n) is 10.7. The van der Waals surface area contributed by atoms with Crippen LogP contribution in [-0.2, 0) is 0 Å². The van der Waals surface area contributed by atoms with Gasteiger partial charge in [0.15, 0.2) is 0 Å². The molecule has 0 unspecified atom stereocenters. The first-order valence-electron chi connectivity index (χ1n) is 6.83. The second-order valence-electron chi connectivity index (χ2n) is 4.55. The molecule has 0 aliphatic carbocycles. The molecule has 0 rings (SSSR count). The van der Waals surface area contributed by atoms with Crippen LogP contribution in [0.2, 0.25) is 0 Å². The Morgan fingerprint density at radius 1 is 0.812 bits per heavy atom. The summed E-state index contributed by atoms with van der Waals surface area (Å²) in [5, 5.41) is 17.5. The van der Waals surface area contributed by atoms with Crippen LogP contribution in [-0.4, -0.2) is 10.2 Å². The maximum absolute atomic E-state index is 8.99. The molecule has 0 aromatic carbocycles. The number of hydrogen-bond acceptors (Lipinski definition) is 2.